The summed E-state index contributed by atoms with van der Waals surface area (Å²) in [5.41, 5.74) is 5.54. The van der Waals surface area contributed by atoms with Gasteiger partial charge in [-0.25, -0.2) is 4.98 Å². The Morgan fingerprint density at radius 2 is 2.31 bits per heavy atom. The molecular weight excluding hydrogens is 226 g/mol. The summed E-state index contributed by atoms with van der Waals surface area (Å²) < 4.78 is 0. The molecule has 0 aliphatic heterocycles. The molecule has 0 bridgehead atoms. The van der Waals surface area contributed by atoms with Gasteiger partial charge in [0.2, 0.25) is 5.91 Å². The number of hydrogen-bond donors (Lipinski definition) is 2. The van der Waals surface area contributed by atoms with Gasteiger partial charge in [0.25, 0.3) is 0 Å². The van der Waals surface area contributed by atoms with E-state index in [4.69, 9.17) is 5.73 Å². The van der Waals surface area contributed by atoms with Gasteiger partial charge >= 0.3 is 0 Å². The van der Waals surface area contributed by atoms with Crippen LogP contribution in [-0.2, 0) is 4.79 Å². The molecule has 16 heavy (non-hydrogen) atoms. The van der Waals surface area contributed by atoms with Crippen molar-refractivity contribution in [2.24, 2.45) is 11.1 Å². The van der Waals surface area contributed by atoms with Crippen LogP contribution >= 0.6 is 11.3 Å². The average Bonchev–Trinajstić information content (AvgIpc) is 2.92. The molecule has 1 heterocycles. The van der Waals surface area contributed by atoms with Crippen molar-refractivity contribution in [1.82, 2.24) is 4.98 Å². The largest absolute Gasteiger partial charge is 0.329 e. The van der Waals surface area contributed by atoms with Gasteiger partial charge in [0.05, 0.1) is 5.41 Å². The first-order chi connectivity index (χ1) is 7.57. The second-order valence-corrected chi connectivity index (χ2v) is 4.89. The lowest BCUT2D eigenvalue weighted by Gasteiger charge is -2.10. The summed E-state index contributed by atoms with van der Waals surface area (Å²) in [6, 6.07) is 0. The van der Waals surface area contributed by atoms with Crippen molar-refractivity contribution >= 4 is 28.2 Å². The summed E-state index contributed by atoms with van der Waals surface area (Å²) >= 11 is 1.26. The highest BCUT2D eigenvalue weighted by molar-refractivity contribution is 7.14. The van der Waals surface area contributed by atoms with Crippen LogP contribution in [0.25, 0.3) is 0 Å². The lowest BCUT2D eigenvalue weighted by atomic mass is 10.1. The molecule has 0 atom stereocenters. The van der Waals surface area contributed by atoms with Gasteiger partial charge < -0.3 is 11.1 Å². The second-order valence-electron chi connectivity index (χ2n) is 4.03. The van der Waals surface area contributed by atoms with E-state index in [1.165, 1.54) is 18.3 Å². The molecule has 1 aliphatic carbocycles. The number of rotatable bonds is 4. The first kappa shape index (κ1) is 11.2. The standard InChI is InChI=1S/C10H13N3O2S/c1-6(14)7-4-16-9(12-7)13-8(15)10(5-11)2-3-10/h4H,2-3,5,11H2,1H3,(H,12,13,15). The van der Waals surface area contributed by atoms with E-state index in [1.807, 2.05) is 0 Å². The zero-order chi connectivity index (χ0) is 11.8. The number of nitrogens with two attached hydrogens (primary N) is 1. The highest BCUT2D eigenvalue weighted by Gasteiger charge is 2.48. The topological polar surface area (TPSA) is 85.1 Å². The molecule has 1 aromatic heterocycles. The fraction of sp³-hybridized carbons (Fsp3) is 0.500. The monoisotopic (exact) mass is 239 g/mol. The Kier molecular flexibility index (Phi) is 2.77. The van der Waals surface area contributed by atoms with Crippen molar-refractivity contribution < 1.29 is 9.59 Å². The Bertz CT molecular complexity index is 437. The molecule has 1 saturated carbocycles. The Hall–Kier alpha value is -1.27. The van der Waals surface area contributed by atoms with Crippen LogP contribution in [-0.4, -0.2) is 23.2 Å². The SMILES string of the molecule is CC(=O)c1csc(NC(=O)C2(CN)CC2)n1. The molecule has 0 aromatic carbocycles. The lowest BCUT2D eigenvalue weighted by molar-refractivity contribution is -0.120. The highest BCUT2D eigenvalue weighted by Crippen LogP contribution is 2.45. The normalized spacial score (nSPS) is 16.9. The minimum atomic E-state index is -0.387. The van der Waals surface area contributed by atoms with E-state index in [9.17, 15) is 9.59 Å². The molecule has 0 saturated heterocycles. The average molecular weight is 239 g/mol. The predicted molar refractivity (Wildman–Crippen MR) is 61.5 cm³/mol. The van der Waals surface area contributed by atoms with Gasteiger partial charge in [-0.2, -0.15) is 0 Å². The summed E-state index contributed by atoms with van der Waals surface area (Å²) in [5, 5.41) is 4.81. The van der Waals surface area contributed by atoms with E-state index in [1.54, 1.807) is 5.38 Å². The van der Waals surface area contributed by atoms with Gasteiger partial charge in [0.15, 0.2) is 10.9 Å². The van der Waals surface area contributed by atoms with Gasteiger partial charge in [0.1, 0.15) is 5.69 Å². The Morgan fingerprint density at radius 3 is 2.75 bits per heavy atom. The van der Waals surface area contributed by atoms with Crippen molar-refractivity contribution in [1.29, 1.82) is 0 Å². The Labute approximate surface area is 97.1 Å². The number of aromatic nitrogens is 1. The summed E-state index contributed by atoms with van der Waals surface area (Å²) in [6.07, 6.45) is 1.67. The highest BCUT2D eigenvalue weighted by atomic mass is 32.1. The Morgan fingerprint density at radius 1 is 1.62 bits per heavy atom. The van der Waals surface area contributed by atoms with Gasteiger partial charge in [-0.1, -0.05) is 0 Å². The summed E-state index contributed by atoms with van der Waals surface area (Å²) in [7, 11) is 0. The molecule has 6 heteroatoms. The van der Waals surface area contributed by atoms with Gasteiger partial charge in [-0.05, 0) is 12.8 Å². The quantitative estimate of drug-likeness (QED) is 0.768. The minimum absolute atomic E-state index is 0.0838. The molecule has 1 amide bonds. The van der Waals surface area contributed by atoms with E-state index < -0.39 is 0 Å². The number of hydrogen-bond acceptors (Lipinski definition) is 5. The number of ketones is 1. The molecule has 3 N–H and O–H groups in total. The number of carbonyl (C=O) groups excluding carboxylic acids is 2. The van der Waals surface area contributed by atoms with Crippen LogP contribution in [0.4, 0.5) is 5.13 Å². The van der Waals surface area contributed by atoms with E-state index in [-0.39, 0.29) is 17.1 Å². The van der Waals surface area contributed by atoms with E-state index in [0.717, 1.165) is 12.8 Å². The zero-order valence-electron chi connectivity index (χ0n) is 8.95. The molecule has 5 nitrogen and oxygen atoms in total. The van der Waals surface area contributed by atoms with Crippen LogP contribution < -0.4 is 11.1 Å². The Balaban J connectivity index is 2.04. The van der Waals surface area contributed by atoms with Crippen molar-refractivity contribution in [3.63, 3.8) is 0 Å². The lowest BCUT2D eigenvalue weighted by Crippen LogP contribution is -2.30. The predicted octanol–water partition coefficient (Wildman–Crippen LogP) is 1.02. The zero-order valence-corrected chi connectivity index (χ0v) is 9.76. The fourth-order valence-electron chi connectivity index (χ4n) is 1.40. The second kappa shape index (κ2) is 3.95. The third-order valence-corrected chi connectivity index (χ3v) is 3.57. The van der Waals surface area contributed by atoms with Crippen LogP contribution in [0.1, 0.15) is 30.3 Å². The van der Waals surface area contributed by atoms with Crippen molar-refractivity contribution in [3.05, 3.63) is 11.1 Å². The molecule has 1 aliphatic rings. The number of Topliss-reactive ketones (excluding diaryl/α,β-unsaturated/α-hetero) is 1. The van der Waals surface area contributed by atoms with Gasteiger partial charge in [0, 0.05) is 18.8 Å². The number of nitrogens with one attached hydrogen (secondary N) is 1. The van der Waals surface area contributed by atoms with E-state index in [2.05, 4.69) is 10.3 Å². The number of amides is 1. The number of thiazole rings is 1. The number of anilines is 1. The third-order valence-electron chi connectivity index (χ3n) is 2.81. The molecular formula is C10H13N3O2S. The van der Waals surface area contributed by atoms with Crippen LogP contribution in [0.2, 0.25) is 0 Å². The van der Waals surface area contributed by atoms with Crippen molar-refractivity contribution in [2.75, 3.05) is 11.9 Å². The molecule has 86 valence electrons. The molecule has 2 rings (SSSR count). The molecule has 1 fully saturated rings. The summed E-state index contributed by atoms with van der Waals surface area (Å²) in [5.74, 6) is -0.184. The minimum Gasteiger partial charge on any atom is -0.329 e. The summed E-state index contributed by atoms with van der Waals surface area (Å²) in [6.45, 7) is 1.81. The van der Waals surface area contributed by atoms with E-state index >= 15 is 0 Å². The maximum absolute atomic E-state index is 11.8. The first-order valence-corrected chi connectivity index (χ1v) is 5.93. The van der Waals surface area contributed by atoms with Gasteiger partial charge in [-0.3, -0.25) is 9.59 Å². The molecule has 0 radical (unpaired) electrons. The number of nitrogens with zero attached hydrogens (tertiary/aromatic N) is 1. The van der Waals surface area contributed by atoms with Crippen LogP contribution in [0.15, 0.2) is 5.38 Å². The van der Waals surface area contributed by atoms with Crippen LogP contribution in [0.5, 0.6) is 0 Å². The van der Waals surface area contributed by atoms with Crippen molar-refractivity contribution in [2.45, 2.75) is 19.8 Å². The fourth-order valence-corrected chi connectivity index (χ4v) is 2.14. The maximum Gasteiger partial charge on any atom is 0.233 e. The van der Waals surface area contributed by atoms with Crippen LogP contribution in [0, 0.1) is 5.41 Å². The maximum atomic E-state index is 11.8. The first-order valence-electron chi connectivity index (χ1n) is 5.05. The third kappa shape index (κ3) is 1.98. The van der Waals surface area contributed by atoms with Gasteiger partial charge in [-0.15, -0.1) is 11.3 Å². The van der Waals surface area contributed by atoms with Crippen molar-refractivity contribution in [3.8, 4) is 0 Å². The smallest absolute Gasteiger partial charge is 0.233 e. The molecule has 0 spiro atoms. The number of carbonyl (C=O) groups is 2. The van der Waals surface area contributed by atoms with E-state index in [0.29, 0.717) is 17.4 Å². The molecule has 1 aromatic rings. The molecule has 0 unspecified atom stereocenters. The van der Waals surface area contributed by atoms with Crippen LogP contribution in [0.3, 0.4) is 0 Å². The summed E-state index contributed by atoms with van der Waals surface area (Å²) in [4.78, 5) is 26.8.